The fraction of sp³-hybridized carbons (Fsp3) is 0.750. The van der Waals surface area contributed by atoms with Gasteiger partial charge < -0.3 is 10.0 Å². The van der Waals surface area contributed by atoms with Gasteiger partial charge in [-0.3, -0.25) is 4.79 Å². The Morgan fingerprint density at radius 3 is 2.25 bits per heavy atom. The number of carboxylic acid groups (broad SMARTS) is 1. The summed E-state index contributed by atoms with van der Waals surface area (Å²) in [6, 6.07) is -0.530. The lowest BCUT2D eigenvalue weighted by Crippen LogP contribution is -2.55. The van der Waals surface area contributed by atoms with Crippen molar-refractivity contribution in [1.29, 1.82) is 0 Å². The van der Waals surface area contributed by atoms with Gasteiger partial charge in [0.15, 0.2) is 0 Å². The lowest BCUT2D eigenvalue weighted by atomic mass is 10.0. The van der Waals surface area contributed by atoms with Gasteiger partial charge in [0.2, 0.25) is 5.91 Å². The summed E-state index contributed by atoms with van der Waals surface area (Å²) in [6.07, 6.45) is 2.51. The quantitative estimate of drug-likeness (QED) is 0.637. The second-order valence-electron chi connectivity index (χ2n) is 3.45. The molecule has 1 heterocycles. The zero-order chi connectivity index (χ0) is 8.72. The van der Waals surface area contributed by atoms with E-state index < -0.39 is 12.0 Å². The van der Waals surface area contributed by atoms with Crippen LogP contribution >= 0.6 is 0 Å². The first-order valence-corrected chi connectivity index (χ1v) is 4.23. The number of aliphatic carboxylic acids is 1. The molecule has 1 saturated carbocycles. The van der Waals surface area contributed by atoms with E-state index >= 15 is 0 Å². The second-order valence-corrected chi connectivity index (χ2v) is 3.45. The van der Waals surface area contributed by atoms with Crippen LogP contribution in [-0.4, -0.2) is 34.5 Å². The Labute approximate surface area is 70.2 Å². The van der Waals surface area contributed by atoms with Gasteiger partial charge >= 0.3 is 5.97 Å². The Morgan fingerprint density at radius 2 is 1.92 bits per heavy atom. The van der Waals surface area contributed by atoms with E-state index in [4.69, 9.17) is 5.11 Å². The number of carbonyl (C=O) groups is 2. The van der Waals surface area contributed by atoms with Crippen molar-refractivity contribution in [3.05, 3.63) is 0 Å². The standard InChI is InChI=1S/C8H11NO3/c10-7(5-1-2-5)9-4-3-6(9)8(11)12/h5-6H,1-4H2,(H,11,12). The molecule has 0 spiro atoms. The fourth-order valence-corrected chi connectivity index (χ4v) is 1.47. The lowest BCUT2D eigenvalue weighted by Gasteiger charge is -2.38. The monoisotopic (exact) mass is 169 g/mol. The van der Waals surface area contributed by atoms with Gasteiger partial charge in [0.25, 0.3) is 0 Å². The van der Waals surface area contributed by atoms with E-state index in [0.717, 1.165) is 12.8 Å². The molecule has 0 aromatic rings. The Bertz CT molecular complexity index is 234. The van der Waals surface area contributed by atoms with E-state index in [1.54, 1.807) is 0 Å². The minimum absolute atomic E-state index is 0.0497. The highest BCUT2D eigenvalue weighted by Gasteiger charge is 2.43. The third-order valence-electron chi connectivity index (χ3n) is 2.51. The molecule has 12 heavy (non-hydrogen) atoms. The van der Waals surface area contributed by atoms with E-state index in [9.17, 15) is 9.59 Å². The van der Waals surface area contributed by atoms with Crippen molar-refractivity contribution in [2.75, 3.05) is 6.54 Å². The van der Waals surface area contributed by atoms with Crippen LogP contribution in [0, 0.1) is 5.92 Å². The van der Waals surface area contributed by atoms with E-state index in [-0.39, 0.29) is 11.8 Å². The van der Waals surface area contributed by atoms with E-state index in [0.29, 0.717) is 13.0 Å². The number of hydrogen-bond donors (Lipinski definition) is 1. The molecule has 1 aliphatic heterocycles. The second kappa shape index (κ2) is 2.47. The van der Waals surface area contributed by atoms with E-state index in [1.807, 2.05) is 0 Å². The molecule has 0 aromatic carbocycles. The van der Waals surface area contributed by atoms with Gasteiger partial charge in [-0.2, -0.15) is 0 Å². The van der Waals surface area contributed by atoms with Crippen LogP contribution < -0.4 is 0 Å². The van der Waals surface area contributed by atoms with Gasteiger partial charge in [0, 0.05) is 12.5 Å². The molecule has 0 bridgehead atoms. The largest absolute Gasteiger partial charge is 0.480 e. The maximum Gasteiger partial charge on any atom is 0.326 e. The first-order chi connectivity index (χ1) is 5.70. The van der Waals surface area contributed by atoms with Crippen LogP contribution in [0.25, 0.3) is 0 Å². The van der Waals surface area contributed by atoms with Gasteiger partial charge in [-0.05, 0) is 19.3 Å². The summed E-state index contributed by atoms with van der Waals surface area (Å²) in [5, 5.41) is 8.66. The third kappa shape index (κ3) is 1.07. The average Bonchev–Trinajstić information content (AvgIpc) is 2.62. The summed E-state index contributed by atoms with van der Waals surface area (Å²) in [5.41, 5.74) is 0. The number of carboxylic acids is 1. The maximum absolute atomic E-state index is 11.4. The predicted octanol–water partition coefficient (Wildman–Crippen LogP) is 0.0819. The molecular weight excluding hydrogens is 158 g/mol. The molecule has 1 N–H and O–H groups in total. The third-order valence-corrected chi connectivity index (χ3v) is 2.51. The van der Waals surface area contributed by atoms with Crippen molar-refractivity contribution in [3.8, 4) is 0 Å². The molecule has 1 aliphatic carbocycles. The van der Waals surface area contributed by atoms with E-state index in [2.05, 4.69) is 0 Å². The molecule has 1 saturated heterocycles. The van der Waals surface area contributed by atoms with Crippen LogP contribution in [0.15, 0.2) is 0 Å². The Kier molecular flexibility index (Phi) is 1.56. The number of nitrogens with zero attached hydrogens (tertiary/aromatic N) is 1. The number of likely N-dealkylation sites (tertiary alicyclic amines) is 1. The minimum atomic E-state index is -0.866. The highest BCUT2D eigenvalue weighted by molar-refractivity contribution is 5.87. The first kappa shape index (κ1) is 7.58. The van der Waals surface area contributed by atoms with Crippen LogP contribution in [0.1, 0.15) is 19.3 Å². The molecule has 0 radical (unpaired) electrons. The number of carbonyl (C=O) groups excluding carboxylic acids is 1. The molecule has 2 aliphatic rings. The van der Waals surface area contributed by atoms with Crippen LogP contribution in [0.5, 0.6) is 0 Å². The summed E-state index contributed by atoms with van der Waals surface area (Å²) in [5.74, 6) is -0.670. The van der Waals surface area contributed by atoms with Gasteiger partial charge in [-0.1, -0.05) is 0 Å². The van der Waals surface area contributed by atoms with Crippen molar-refractivity contribution in [2.45, 2.75) is 25.3 Å². The molecular formula is C8H11NO3. The molecule has 4 heteroatoms. The smallest absolute Gasteiger partial charge is 0.326 e. The first-order valence-electron chi connectivity index (χ1n) is 4.23. The highest BCUT2D eigenvalue weighted by atomic mass is 16.4. The molecule has 66 valence electrons. The normalized spacial score (nSPS) is 28.0. The van der Waals surface area contributed by atoms with Crippen molar-refractivity contribution < 1.29 is 14.7 Å². The minimum Gasteiger partial charge on any atom is -0.480 e. The summed E-state index contributed by atoms with van der Waals surface area (Å²) in [6.45, 7) is 0.631. The zero-order valence-electron chi connectivity index (χ0n) is 6.69. The fourth-order valence-electron chi connectivity index (χ4n) is 1.47. The lowest BCUT2D eigenvalue weighted by molar-refractivity contribution is -0.157. The van der Waals surface area contributed by atoms with Gasteiger partial charge in [0.1, 0.15) is 6.04 Å². The summed E-state index contributed by atoms with van der Waals surface area (Å²) in [7, 11) is 0. The van der Waals surface area contributed by atoms with Gasteiger partial charge in [0.05, 0.1) is 0 Å². The Morgan fingerprint density at radius 1 is 1.25 bits per heavy atom. The molecule has 4 nitrogen and oxygen atoms in total. The topological polar surface area (TPSA) is 57.6 Å². The molecule has 2 rings (SSSR count). The summed E-state index contributed by atoms with van der Waals surface area (Å²) in [4.78, 5) is 23.4. The highest BCUT2D eigenvalue weighted by Crippen LogP contribution is 2.34. The van der Waals surface area contributed by atoms with Crippen molar-refractivity contribution in [1.82, 2.24) is 4.90 Å². The van der Waals surface area contributed by atoms with E-state index in [1.165, 1.54) is 4.90 Å². The zero-order valence-corrected chi connectivity index (χ0v) is 6.69. The molecule has 1 amide bonds. The van der Waals surface area contributed by atoms with Crippen LogP contribution in [0.3, 0.4) is 0 Å². The Balaban J connectivity index is 1.95. The molecule has 0 aromatic heterocycles. The number of rotatable bonds is 2. The molecule has 1 atom stereocenters. The predicted molar refractivity (Wildman–Crippen MR) is 40.5 cm³/mol. The molecule has 2 fully saturated rings. The van der Waals surface area contributed by atoms with Crippen molar-refractivity contribution >= 4 is 11.9 Å². The van der Waals surface area contributed by atoms with Crippen LogP contribution in [0.4, 0.5) is 0 Å². The average molecular weight is 169 g/mol. The SMILES string of the molecule is O=C(O)C1CCN1C(=O)C1CC1. The maximum atomic E-state index is 11.4. The van der Waals surface area contributed by atoms with Crippen LogP contribution in [0.2, 0.25) is 0 Å². The summed E-state index contributed by atoms with van der Waals surface area (Å²) >= 11 is 0. The molecule has 1 unspecified atom stereocenters. The summed E-state index contributed by atoms with van der Waals surface area (Å²) < 4.78 is 0. The number of amides is 1. The Hall–Kier alpha value is -1.06. The van der Waals surface area contributed by atoms with Gasteiger partial charge in [-0.15, -0.1) is 0 Å². The van der Waals surface area contributed by atoms with Crippen molar-refractivity contribution in [2.24, 2.45) is 5.92 Å². The van der Waals surface area contributed by atoms with Gasteiger partial charge in [-0.25, -0.2) is 4.79 Å². The van der Waals surface area contributed by atoms with Crippen LogP contribution in [-0.2, 0) is 9.59 Å². The van der Waals surface area contributed by atoms with Crippen molar-refractivity contribution in [3.63, 3.8) is 0 Å². The number of hydrogen-bond acceptors (Lipinski definition) is 2.